The zero-order valence-corrected chi connectivity index (χ0v) is 9.89. The van der Waals surface area contributed by atoms with E-state index in [1.54, 1.807) is 0 Å². The van der Waals surface area contributed by atoms with Gasteiger partial charge >= 0.3 is 0 Å². The van der Waals surface area contributed by atoms with E-state index in [2.05, 4.69) is 42.2 Å². The van der Waals surface area contributed by atoms with E-state index in [9.17, 15) is 0 Å². The van der Waals surface area contributed by atoms with Crippen LogP contribution in [0.3, 0.4) is 0 Å². The van der Waals surface area contributed by atoms with Gasteiger partial charge < -0.3 is 5.73 Å². The van der Waals surface area contributed by atoms with Gasteiger partial charge in [0.1, 0.15) is 0 Å². The van der Waals surface area contributed by atoms with Crippen molar-refractivity contribution in [2.75, 3.05) is 13.1 Å². The van der Waals surface area contributed by atoms with Gasteiger partial charge in [-0.25, -0.2) is 0 Å². The van der Waals surface area contributed by atoms with E-state index in [4.69, 9.17) is 5.73 Å². The molecule has 2 nitrogen and oxygen atoms in total. The van der Waals surface area contributed by atoms with Crippen LogP contribution >= 0.6 is 0 Å². The van der Waals surface area contributed by atoms with Crippen molar-refractivity contribution >= 4 is 0 Å². The molecule has 0 aromatic heterocycles. The van der Waals surface area contributed by atoms with E-state index in [0.29, 0.717) is 17.5 Å². The molecule has 0 unspecified atom stereocenters. The monoisotopic (exact) mass is 216 g/mol. The number of nitrogens with two attached hydrogens (primary N) is 1. The average molecular weight is 216 g/mol. The topological polar surface area (TPSA) is 29.3 Å². The van der Waals surface area contributed by atoms with E-state index in [1.165, 1.54) is 24.9 Å². The van der Waals surface area contributed by atoms with Crippen LogP contribution in [0.25, 0.3) is 0 Å². The van der Waals surface area contributed by atoms with Crippen LogP contribution in [0, 0.1) is 5.41 Å². The number of benzene rings is 1. The molecule has 3 rings (SSSR count). The lowest BCUT2D eigenvalue weighted by molar-refractivity contribution is 0.249. The summed E-state index contributed by atoms with van der Waals surface area (Å²) in [6.45, 7) is 4.56. The molecule has 0 radical (unpaired) electrons. The molecule has 1 aliphatic heterocycles. The zero-order valence-electron chi connectivity index (χ0n) is 9.89. The molecule has 1 heterocycles. The summed E-state index contributed by atoms with van der Waals surface area (Å²) in [6, 6.07) is 11.7. The molecule has 2 fully saturated rings. The van der Waals surface area contributed by atoms with Gasteiger partial charge in [0, 0.05) is 25.2 Å². The zero-order chi connectivity index (χ0) is 11.2. The smallest absolute Gasteiger partial charge is 0.0320 e. The molecule has 1 saturated carbocycles. The second-order valence-electron chi connectivity index (χ2n) is 5.48. The third-order valence-electron chi connectivity index (χ3n) is 4.46. The third-order valence-corrected chi connectivity index (χ3v) is 4.46. The molecule has 0 amide bonds. The normalized spacial score (nSPS) is 29.5. The number of hydrogen-bond donors (Lipinski definition) is 1. The molecule has 0 bridgehead atoms. The summed E-state index contributed by atoms with van der Waals surface area (Å²) >= 11 is 0. The van der Waals surface area contributed by atoms with Gasteiger partial charge in [-0.05, 0) is 30.7 Å². The van der Waals surface area contributed by atoms with Gasteiger partial charge in [0.2, 0.25) is 0 Å². The standard InChI is InChI=1S/C14H20N2/c1-11(12-5-3-2-4-6-12)16-9-13(15)14(10-16)7-8-14/h2-6,11,13H,7-10,15H2,1H3/t11-,13-/m1/s1. The van der Waals surface area contributed by atoms with E-state index in [-0.39, 0.29) is 0 Å². The Morgan fingerprint density at radius 3 is 2.56 bits per heavy atom. The summed E-state index contributed by atoms with van der Waals surface area (Å²) in [6.07, 6.45) is 2.68. The van der Waals surface area contributed by atoms with Crippen LogP contribution in [-0.2, 0) is 0 Å². The fraction of sp³-hybridized carbons (Fsp3) is 0.571. The van der Waals surface area contributed by atoms with Crippen LogP contribution in [0.1, 0.15) is 31.4 Å². The van der Waals surface area contributed by atoms with Gasteiger partial charge in [-0.2, -0.15) is 0 Å². The average Bonchev–Trinajstić information content (AvgIpc) is 3.01. The Morgan fingerprint density at radius 2 is 2.00 bits per heavy atom. The van der Waals surface area contributed by atoms with E-state index in [1.807, 2.05) is 0 Å². The number of hydrogen-bond acceptors (Lipinski definition) is 2. The van der Waals surface area contributed by atoms with Crippen LogP contribution < -0.4 is 5.73 Å². The molecular weight excluding hydrogens is 196 g/mol. The molecule has 1 saturated heterocycles. The third kappa shape index (κ3) is 1.57. The lowest BCUT2D eigenvalue weighted by Gasteiger charge is -2.24. The molecule has 2 N–H and O–H groups in total. The summed E-state index contributed by atoms with van der Waals surface area (Å²) in [5.41, 5.74) is 8.14. The maximum atomic E-state index is 6.24. The van der Waals surface area contributed by atoms with Gasteiger partial charge in [-0.15, -0.1) is 0 Å². The summed E-state index contributed by atoms with van der Waals surface area (Å²) in [5.74, 6) is 0. The molecule has 16 heavy (non-hydrogen) atoms. The van der Waals surface area contributed by atoms with Crippen LogP contribution in [0.4, 0.5) is 0 Å². The predicted molar refractivity (Wildman–Crippen MR) is 66.1 cm³/mol. The van der Waals surface area contributed by atoms with Gasteiger partial charge in [-0.3, -0.25) is 4.90 Å². The quantitative estimate of drug-likeness (QED) is 0.821. The highest BCUT2D eigenvalue weighted by Gasteiger charge is 2.54. The number of likely N-dealkylation sites (tertiary alicyclic amines) is 1. The molecule has 1 aliphatic carbocycles. The fourth-order valence-electron chi connectivity index (χ4n) is 2.96. The minimum Gasteiger partial charge on any atom is -0.326 e. The second-order valence-corrected chi connectivity index (χ2v) is 5.48. The Kier molecular flexibility index (Phi) is 2.30. The van der Waals surface area contributed by atoms with Crippen molar-refractivity contribution in [2.45, 2.75) is 31.8 Å². The summed E-state index contributed by atoms with van der Waals surface area (Å²) in [4.78, 5) is 2.55. The molecule has 86 valence electrons. The Hall–Kier alpha value is -0.860. The lowest BCUT2D eigenvalue weighted by Crippen LogP contribution is -2.31. The Labute approximate surface area is 97.4 Å². The maximum Gasteiger partial charge on any atom is 0.0320 e. The van der Waals surface area contributed by atoms with E-state index < -0.39 is 0 Å². The van der Waals surface area contributed by atoms with Crippen molar-refractivity contribution in [3.05, 3.63) is 35.9 Å². The largest absolute Gasteiger partial charge is 0.326 e. The molecule has 1 aromatic rings. The molecule has 1 aromatic carbocycles. The van der Waals surface area contributed by atoms with Crippen LogP contribution in [0.2, 0.25) is 0 Å². The van der Waals surface area contributed by atoms with E-state index >= 15 is 0 Å². The Bertz CT molecular complexity index is 370. The minimum atomic E-state index is 0.402. The predicted octanol–water partition coefficient (Wildman–Crippen LogP) is 2.17. The van der Waals surface area contributed by atoms with Crippen molar-refractivity contribution in [3.8, 4) is 0 Å². The first-order valence-electron chi connectivity index (χ1n) is 6.26. The highest BCUT2D eigenvalue weighted by Crippen LogP contribution is 2.53. The highest BCUT2D eigenvalue weighted by molar-refractivity contribution is 5.20. The Morgan fingerprint density at radius 1 is 1.31 bits per heavy atom. The van der Waals surface area contributed by atoms with Crippen LogP contribution in [-0.4, -0.2) is 24.0 Å². The maximum absolute atomic E-state index is 6.24. The van der Waals surface area contributed by atoms with Crippen molar-refractivity contribution < 1.29 is 0 Å². The SMILES string of the molecule is C[C@H](c1ccccc1)N1C[C@@H](N)C2(CC2)C1. The van der Waals surface area contributed by atoms with Crippen molar-refractivity contribution in [1.29, 1.82) is 0 Å². The first-order valence-corrected chi connectivity index (χ1v) is 6.26. The molecular formula is C14H20N2. The lowest BCUT2D eigenvalue weighted by atomic mass is 10.0. The summed E-state index contributed by atoms with van der Waals surface area (Å²) in [7, 11) is 0. The molecule has 1 spiro atoms. The minimum absolute atomic E-state index is 0.402. The first-order chi connectivity index (χ1) is 7.71. The van der Waals surface area contributed by atoms with Gasteiger partial charge in [0.25, 0.3) is 0 Å². The van der Waals surface area contributed by atoms with Gasteiger partial charge in [0.15, 0.2) is 0 Å². The highest BCUT2D eigenvalue weighted by atomic mass is 15.2. The Balaban J connectivity index is 1.75. The molecule has 2 heteroatoms. The van der Waals surface area contributed by atoms with Crippen molar-refractivity contribution in [2.24, 2.45) is 11.1 Å². The first kappa shape index (κ1) is 10.3. The molecule has 2 atom stereocenters. The van der Waals surface area contributed by atoms with Crippen LogP contribution in [0.15, 0.2) is 30.3 Å². The number of nitrogens with zero attached hydrogens (tertiary/aromatic N) is 1. The molecule has 2 aliphatic rings. The van der Waals surface area contributed by atoms with Crippen molar-refractivity contribution in [1.82, 2.24) is 4.90 Å². The second kappa shape index (κ2) is 3.57. The summed E-state index contributed by atoms with van der Waals surface area (Å²) in [5, 5.41) is 0. The fourth-order valence-corrected chi connectivity index (χ4v) is 2.96. The van der Waals surface area contributed by atoms with Crippen LogP contribution in [0.5, 0.6) is 0 Å². The van der Waals surface area contributed by atoms with Gasteiger partial charge in [-0.1, -0.05) is 30.3 Å². The van der Waals surface area contributed by atoms with Gasteiger partial charge in [0.05, 0.1) is 0 Å². The number of rotatable bonds is 2. The summed E-state index contributed by atoms with van der Waals surface area (Å²) < 4.78 is 0. The van der Waals surface area contributed by atoms with E-state index in [0.717, 1.165) is 6.54 Å². The van der Waals surface area contributed by atoms with Crippen molar-refractivity contribution in [3.63, 3.8) is 0 Å².